The third-order valence-corrected chi connectivity index (χ3v) is 8.48. The van der Waals surface area contributed by atoms with Crippen molar-refractivity contribution in [2.75, 3.05) is 38.1 Å². The van der Waals surface area contributed by atoms with E-state index in [4.69, 9.17) is 25.7 Å². The molecule has 0 atom stereocenters. The number of nitriles is 1. The van der Waals surface area contributed by atoms with Crippen LogP contribution in [-0.4, -0.2) is 38.0 Å². The number of ketones is 1. The molecule has 5 N–H and O–H groups in total. The summed E-state index contributed by atoms with van der Waals surface area (Å²) in [6.07, 6.45) is 3.27. The highest BCUT2D eigenvalue weighted by Gasteiger charge is 2.26. The molecule has 2 aromatic carbocycles. The van der Waals surface area contributed by atoms with Crippen LogP contribution in [0.1, 0.15) is 30.5 Å². The van der Waals surface area contributed by atoms with Gasteiger partial charge in [0.2, 0.25) is 5.75 Å². The molecule has 12 heteroatoms. The van der Waals surface area contributed by atoms with Gasteiger partial charge < -0.3 is 31.0 Å². The van der Waals surface area contributed by atoms with Crippen molar-refractivity contribution < 1.29 is 23.8 Å². The number of nitrogen functional groups attached to an aromatic ring is 2. The first-order chi connectivity index (χ1) is 20.8. The SMILES string of the molecule is COc1cc(-c2c(C#N)c(N)nc3sc(C(=O)Nc4ccc(C(=O)/C=C/c5cccs5)cc4)c(N)c23)cc(OC)c1OC. The molecule has 3 aromatic heterocycles. The number of ether oxygens (including phenoxy) is 3. The number of carbonyl (C=O) groups is 2. The third-order valence-electron chi connectivity index (χ3n) is 6.55. The predicted molar refractivity (Wildman–Crippen MR) is 170 cm³/mol. The van der Waals surface area contributed by atoms with Crippen LogP contribution in [0.15, 0.2) is 60.0 Å². The number of thiophene rings is 2. The maximum Gasteiger partial charge on any atom is 0.267 e. The number of pyridine rings is 1. The van der Waals surface area contributed by atoms with Crippen molar-refractivity contribution in [3.05, 3.63) is 80.9 Å². The summed E-state index contributed by atoms with van der Waals surface area (Å²) in [5.41, 5.74) is 14.8. The molecular weight excluding hydrogens is 587 g/mol. The molecule has 0 aliphatic heterocycles. The number of nitrogens with two attached hydrogens (primary N) is 2. The number of aromatic nitrogens is 1. The molecule has 0 unspecified atom stereocenters. The van der Waals surface area contributed by atoms with Crippen LogP contribution in [0, 0.1) is 11.3 Å². The van der Waals surface area contributed by atoms with Crippen molar-refractivity contribution in [3.63, 3.8) is 0 Å². The van der Waals surface area contributed by atoms with Gasteiger partial charge in [-0.1, -0.05) is 6.07 Å². The molecule has 0 radical (unpaired) electrons. The number of fused-ring (bicyclic) bond motifs is 1. The molecule has 0 aliphatic rings. The van der Waals surface area contributed by atoms with Crippen LogP contribution in [0.25, 0.3) is 27.4 Å². The number of hydrogen-bond donors (Lipinski definition) is 3. The zero-order valence-electron chi connectivity index (χ0n) is 23.3. The first-order valence-electron chi connectivity index (χ1n) is 12.7. The molecule has 0 aliphatic carbocycles. The summed E-state index contributed by atoms with van der Waals surface area (Å²) in [7, 11) is 4.45. The Morgan fingerprint density at radius 2 is 1.72 bits per heavy atom. The van der Waals surface area contributed by atoms with E-state index in [1.807, 2.05) is 17.5 Å². The molecule has 10 nitrogen and oxygen atoms in total. The molecule has 216 valence electrons. The number of rotatable bonds is 9. The molecule has 43 heavy (non-hydrogen) atoms. The number of allylic oxidation sites excluding steroid dienone is 1. The minimum absolute atomic E-state index is 0.0136. The molecule has 5 rings (SSSR count). The lowest BCUT2D eigenvalue weighted by molar-refractivity contribution is 0.102. The second-order valence-electron chi connectivity index (χ2n) is 9.04. The maximum atomic E-state index is 13.4. The van der Waals surface area contributed by atoms with Crippen molar-refractivity contribution >= 4 is 67.8 Å². The number of anilines is 3. The highest BCUT2D eigenvalue weighted by molar-refractivity contribution is 7.21. The highest BCUT2D eigenvalue weighted by atomic mass is 32.1. The van der Waals surface area contributed by atoms with E-state index in [1.165, 1.54) is 38.7 Å². The second-order valence-corrected chi connectivity index (χ2v) is 11.0. The summed E-state index contributed by atoms with van der Waals surface area (Å²) in [4.78, 5) is 31.8. The molecule has 0 saturated carbocycles. The van der Waals surface area contributed by atoms with Gasteiger partial charge in [-0.25, -0.2) is 4.98 Å². The molecule has 0 fully saturated rings. The van der Waals surface area contributed by atoms with Gasteiger partial charge in [-0.2, -0.15) is 5.26 Å². The first kappa shape index (κ1) is 29.1. The van der Waals surface area contributed by atoms with Crippen molar-refractivity contribution in [2.45, 2.75) is 0 Å². The monoisotopic (exact) mass is 611 g/mol. The zero-order chi connectivity index (χ0) is 30.7. The van der Waals surface area contributed by atoms with Crippen molar-refractivity contribution in [1.82, 2.24) is 4.98 Å². The summed E-state index contributed by atoms with van der Waals surface area (Å²) in [6, 6.07) is 15.8. The number of methoxy groups -OCH3 is 3. The number of amides is 1. The third kappa shape index (κ3) is 5.59. The van der Waals surface area contributed by atoms with E-state index in [9.17, 15) is 14.9 Å². The van der Waals surface area contributed by atoms with Gasteiger partial charge in [0.25, 0.3) is 5.91 Å². The number of nitrogens with one attached hydrogen (secondary N) is 1. The van der Waals surface area contributed by atoms with E-state index in [2.05, 4.69) is 16.4 Å². The van der Waals surface area contributed by atoms with E-state index in [0.717, 1.165) is 16.2 Å². The fraction of sp³-hybridized carbons (Fsp3) is 0.0968. The fourth-order valence-corrected chi connectivity index (χ4v) is 6.14. The fourth-order valence-electron chi connectivity index (χ4n) is 4.51. The predicted octanol–water partition coefficient (Wildman–Crippen LogP) is 6.24. The lowest BCUT2D eigenvalue weighted by atomic mass is 9.96. The van der Waals surface area contributed by atoms with Crippen molar-refractivity contribution in [2.24, 2.45) is 0 Å². The molecule has 5 aromatic rings. The lowest BCUT2D eigenvalue weighted by Crippen LogP contribution is -2.12. The Morgan fingerprint density at radius 3 is 2.30 bits per heavy atom. The number of carbonyl (C=O) groups excluding carboxylic acids is 2. The standard InChI is InChI=1S/C31H25N5O5S2/c1-39-22-13-17(14-23(40-2)27(22)41-3)24-20(15-32)29(34)36-31-25(24)26(33)28(43-31)30(38)35-18-8-6-16(7-9-18)21(37)11-10-19-5-4-12-42-19/h4-14H,33H2,1-3H3,(H2,34,36)(H,35,38)/b11-10+. The maximum absolute atomic E-state index is 13.4. The Hall–Kier alpha value is -5.38. The molecule has 1 amide bonds. The van der Waals surface area contributed by atoms with Crippen LogP contribution in [-0.2, 0) is 0 Å². The Morgan fingerprint density at radius 1 is 1.02 bits per heavy atom. The highest BCUT2D eigenvalue weighted by Crippen LogP contribution is 2.47. The van der Waals surface area contributed by atoms with Gasteiger partial charge >= 0.3 is 0 Å². The van der Waals surface area contributed by atoms with Gasteiger partial charge in [0.05, 0.1) is 27.0 Å². The normalized spacial score (nSPS) is 10.9. The van der Waals surface area contributed by atoms with Gasteiger partial charge in [-0.15, -0.1) is 22.7 Å². The number of hydrogen-bond acceptors (Lipinski definition) is 11. The molecule has 0 spiro atoms. The average Bonchev–Trinajstić information content (AvgIpc) is 3.66. The quantitative estimate of drug-likeness (QED) is 0.129. The van der Waals surface area contributed by atoms with E-state index >= 15 is 0 Å². The van der Waals surface area contributed by atoms with E-state index in [1.54, 1.807) is 42.5 Å². The molecule has 0 saturated heterocycles. The van der Waals surface area contributed by atoms with Gasteiger partial charge in [0.15, 0.2) is 17.3 Å². The van der Waals surface area contributed by atoms with Gasteiger partial charge in [0, 0.05) is 27.1 Å². The average molecular weight is 612 g/mol. The van der Waals surface area contributed by atoms with E-state index in [-0.39, 0.29) is 27.7 Å². The van der Waals surface area contributed by atoms with E-state index in [0.29, 0.717) is 49.8 Å². The van der Waals surface area contributed by atoms with Crippen molar-refractivity contribution in [3.8, 4) is 34.4 Å². The Balaban J connectivity index is 1.50. The summed E-state index contributed by atoms with van der Waals surface area (Å²) < 4.78 is 16.4. The minimum Gasteiger partial charge on any atom is -0.493 e. The second kappa shape index (κ2) is 12.2. The van der Waals surface area contributed by atoms with E-state index < -0.39 is 5.91 Å². The van der Waals surface area contributed by atoms with Crippen LogP contribution in [0.4, 0.5) is 17.2 Å². The van der Waals surface area contributed by atoms with Gasteiger partial charge in [-0.3, -0.25) is 9.59 Å². The summed E-state index contributed by atoms with van der Waals surface area (Å²) in [6.45, 7) is 0. The number of nitrogens with zero attached hydrogens (tertiary/aromatic N) is 2. The van der Waals surface area contributed by atoms with Crippen LogP contribution in [0.5, 0.6) is 17.2 Å². The van der Waals surface area contributed by atoms with Crippen LogP contribution < -0.4 is 31.0 Å². The molecule has 3 heterocycles. The molecule has 0 bridgehead atoms. The van der Waals surface area contributed by atoms with Gasteiger partial charge in [-0.05, 0) is 65.6 Å². The Bertz CT molecular complexity index is 1900. The Kier molecular flexibility index (Phi) is 8.29. The van der Waals surface area contributed by atoms with Crippen LogP contribution in [0.2, 0.25) is 0 Å². The Labute approximate surface area is 254 Å². The molecular formula is C31H25N5O5S2. The number of benzene rings is 2. The first-order valence-corrected chi connectivity index (χ1v) is 14.4. The summed E-state index contributed by atoms with van der Waals surface area (Å²) in [5.74, 6) is 0.442. The van der Waals surface area contributed by atoms with Gasteiger partial charge in [0.1, 0.15) is 27.2 Å². The van der Waals surface area contributed by atoms with Crippen LogP contribution in [0.3, 0.4) is 0 Å². The van der Waals surface area contributed by atoms with Crippen molar-refractivity contribution in [1.29, 1.82) is 5.26 Å². The smallest absolute Gasteiger partial charge is 0.267 e. The largest absolute Gasteiger partial charge is 0.493 e. The summed E-state index contributed by atoms with van der Waals surface area (Å²) >= 11 is 2.58. The van der Waals surface area contributed by atoms with Crippen LogP contribution >= 0.6 is 22.7 Å². The zero-order valence-corrected chi connectivity index (χ0v) is 24.9. The topological polar surface area (TPSA) is 163 Å². The lowest BCUT2D eigenvalue weighted by Gasteiger charge is -2.16. The summed E-state index contributed by atoms with van der Waals surface area (Å²) in [5, 5.41) is 15.2. The minimum atomic E-state index is -0.481.